The van der Waals surface area contributed by atoms with Crippen LogP contribution in [0, 0.1) is 13.8 Å². The molecule has 1 aromatic rings. The lowest BCUT2D eigenvalue weighted by Gasteiger charge is -2.37. The van der Waals surface area contributed by atoms with Crippen LogP contribution in [0.25, 0.3) is 0 Å². The topological polar surface area (TPSA) is 61.4 Å². The molecule has 0 aliphatic carbocycles. The van der Waals surface area contributed by atoms with Crippen LogP contribution in [-0.4, -0.2) is 48.4 Å². The van der Waals surface area contributed by atoms with Crippen molar-refractivity contribution in [2.45, 2.75) is 52.6 Å². The fourth-order valence-corrected chi connectivity index (χ4v) is 3.21. The van der Waals surface area contributed by atoms with Crippen molar-refractivity contribution >= 4 is 11.8 Å². The lowest BCUT2D eigenvalue weighted by molar-refractivity contribution is -0.134. The number of hydrogen-bond donors (Lipinski definition) is 2. The molecule has 0 bridgehead atoms. The van der Waals surface area contributed by atoms with E-state index in [0.717, 1.165) is 13.0 Å². The van der Waals surface area contributed by atoms with E-state index in [4.69, 9.17) is 0 Å². The Kier molecular flexibility index (Phi) is 6.37. The smallest absolute Gasteiger partial charge is 0.237 e. The molecule has 1 aliphatic heterocycles. The molecule has 2 N–H and O–H groups in total. The fourth-order valence-electron chi connectivity index (χ4n) is 3.21. The van der Waals surface area contributed by atoms with Gasteiger partial charge in [0.1, 0.15) is 0 Å². The van der Waals surface area contributed by atoms with E-state index in [1.54, 1.807) is 0 Å². The summed E-state index contributed by atoms with van der Waals surface area (Å²) in [4.78, 5) is 26.4. The van der Waals surface area contributed by atoms with E-state index in [2.05, 4.69) is 61.4 Å². The summed E-state index contributed by atoms with van der Waals surface area (Å²) in [6.45, 7) is 10.3. The highest BCUT2D eigenvalue weighted by molar-refractivity contribution is 5.88. The molecular formula is C19H29N3O2. The highest BCUT2D eigenvalue weighted by atomic mass is 16.2. The minimum Gasteiger partial charge on any atom is -0.356 e. The van der Waals surface area contributed by atoms with E-state index < -0.39 is 0 Å². The summed E-state index contributed by atoms with van der Waals surface area (Å²) in [5.74, 6) is -0.104. The second-order valence-electron chi connectivity index (χ2n) is 6.87. The van der Waals surface area contributed by atoms with E-state index >= 15 is 0 Å². The number of nitrogens with zero attached hydrogens (tertiary/aromatic N) is 1. The van der Waals surface area contributed by atoms with E-state index in [1.807, 2.05) is 0 Å². The van der Waals surface area contributed by atoms with Crippen molar-refractivity contribution in [1.29, 1.82) is 0 Å². The molecule has 1 saturated heterocycles. The first kappa shape index (κ1) is 18.5. The predicted molar refractivity (Wildman–Crippen MR) is 95.9 cm³/mol. The van der Waals surface area contributed by atoms with Crippen molar-refractivity contribution in [2.24, 2.45) is 0 Å². The van der Waals surface area contributed by atoms with Crippen LogP contribution in [0.4, 0.5) is 0 Å². The fraction of sp³-hybridized carbons (Fsp3) is 0.579. The van der Waals surface area contributed by atoms with Crippen molar-refractivity contribution in [3.8, 4) is 0 Å². The Morgan fingerprint density at radius 3 is 2.83 bits per heavy atom. The molecule has 0 saturated carbocycles. The van der Waals surface area contributed by atoms with E-state index in [1.165, 1.54) is 16.7 Å². The van der Waals surface area contributed by atoms with Crippen LogP contribution < -0.4 is 10.6 Å². The Hall–Kier alpha value is -1.88. The van der Waals surface area contributed by atoms with Crippen LogP contribution in [0.3, 0.4) is 0 Å². The van der Waals surface area contributed by atoms with E-state index in [9.17, 15) is 9.59 Å². The van der Waals surface area contributed by atoms with Gasteiger partial charge in [0.15, 0.2) is 0 Å². The van der Waals surface area contributed by atoms with Crippen molar-refractivity contribution < 1.29 is 9.59 Å². The van der Waals surface area contributed by atoms with Gasteiger partial charge in [0.25, 0.3) is 0 Å². The van der Waals surface area contributed by atoms with Gasteiger partial charge in [0.05, 0.1) is 12.5 Å². The summed E-state index contributed by atoms with van der Waals surface area (Å²) >= 11 is 0. The maximum absolute atomic E-state index is 12.2. The molecule has 0 radical (unpaired) electrons. The Bertz CT molecular complexity index is 598. The lowest BCUT2D eigenvalue weighted by Crippen LogP contribution is -2.58. The molecule has 1 atom stereocenters. The van der Waals surface area contributed by atoms with Gasteiger partial charge in [-0.2, -0.15) is 0 Å². The van der Waals surface area contributed by atoms with Gasteiger partial charge in [-0.3, -0.25) is 14.5 Å². The van der Waals surface area contributed by atoms with E-state index in [0.29, 0.717) is 13.1 Å². The highest BCUT2D eigenvalue weighted by Crippen LogP contribution is 2.13. The lowest BCUT2D eigenvalue weighted by atomic mass is 10.0. The summed E-state index contributed by atoms with van der Waals surface area (Å²) in [7, 11) is 0. The number of hydrogen-bond acceptors (Lipinski definition) is 3. The number of rotatable bonds is 6. The van der Waals surface area contributed by atoms with Gasteiger partial charge in [0, 0.05) is 25.7 Å². The monoisotopic (exact) mass is 331 g/mol. The molecule has 2 amide bonds. The Balaban J connectivity index is 1.86. The molecular weight excluding hydrogens is 302 g/mol. The van der Waals surface area contributed by atoms with Crippen molar-refractivity contribution in [2.75, 3.05) is 19.6 Å². The second kappa shape index (κ2) is 8.29. The zero-order chi connectivity index (χ0) is 17.7. The molecule has 24 heavy (non-hydrogen) atoms. The van der Waals surface area contributed by atoms with Crippen LogP contribution in [0.15, 0.2) is 18.2 Å². The highest BCUT2D eigenvalue weighted by Gasteiger charge is 2.32. The average Bonchev–Trinajstić information content (AvgIpc) is 2.52. The summed E-state index contributed by atoms with van der Waals surface area (Å²) in [5.41, 5.74) is 3.73. The summed E-state index contributed by atoms with van der Waals surface area (Å²) in [6, 6.07) is 6.26. The molecule has 2 rings (SSSR count). The summed E-state index contributed by atoms with van der Waals surface area (Å²) in [5, 5.41) is 5.82. The maximum Gasteiger partial charge on any atom is 0.237 e. The Morgan fingerprint density at radius 2 is 2.12 bits per heavy atom. The molecule has 1 heterocycles. The molecule has 0 aromatic heterocycles. The Morgan fingerprint density at radius 1 is 1.38 bits per heavy atom. The Labute approximate surface area is 144 Å². The standard InChI is InChI=1S/C19H29N3O2/c1-13(2)22-10-9-21-19(24)17(22)12-18(23)20-8-7-16-11-14(3)5-6-15(16)4/h5-6,11,13,17H,7-10,12H2,1-4H3,(H,20,23)(H,21,24)/t17-/m1/s1. The third-order valence-corrected chi connectivity index (χ3v) is 4.64. The SMILES string of the molecule is Cc1ccc(C)c(CCNC(=O)C[C@@H]2C(=O)NCCN2C(C)C)c1. The van der Waals surface area contributed by atoms with Crippen LogP contribution in [0.2, 0.25) is 0 Å². The first-order chi connectivity index (χ1) is 11.4. The minimum atomic E-state index is -0.362. The van der Waals surface area contributed by atoms with Gasteiger partial charge in [-0.1, -0.05) is 23.8 Å². The molecule has 1 aliphatic rings. The van der Waals surface area contributed by atoms with Crippen LogP contribution >= 0.6 is 0 Å². The predicted octanol–water partition coefficient (Wildman–Crippen LogP) is 1.56. The van der Waals surface area contributed by atoms with Crippen molar-refractivity contribution in [3.05, 3.63) is 34.9 Å². The van der Waals surface area contributed by atoms with Crippen LogP contribution in [-0.2, 0) is 16.0 Å². The second-order valence-corrected chi connectivity index (χ2v) is 6.87. The zero-order valence-corrected chi connectivity index (χ0v) is 15.2. The average molecular weight is 331 g/mol. The van der Waals surface area contributed by atoms with Gasteiger partial charge < -0.3 is 10.6 Å². The minimum absolute atomic E-state index is 0.0420. The molecule has 5 heteroatoms. The number of carbonyl (C=O) groups is 2. The van der Waals surface area contributed by atoms with Gasteiger partial charge in [-0.25, -0.2) is 0 Å². The molecule has 0 unspecified atom stereocenters. The largest absolute Gasteiger partial charge is 0.356 e. The number of carbonyl (C=O) groups excluding carboxylic acids is 2. The van der Waals surface area contributed by atoms with E-state index in [-0.39, 0.29) is 30.3 Å². The first-order valence-corrected chi connectivity index (χ1v) is 8.74. The van der Waals surface area contributed by atoms with Crippen LogP contribution in [0.5, 0.6) is 0 Å². The summed E-state index contributed by atoms with van der Waals surface area (Å²) < 4.78 is 0. The van der Waals surface area contributed by atoms with Gasteiger partial charge in [0.2, 0.25) is 11.8 Å². The third-order valence-electron chi connectivity index (χ3n) is 4.64. The zero-order valence-electron chi connectivity index (χ0n) is 15.2. The normalized spacial score (nSPS) is 18.5. The molecule has 1 fully saturated rings. The third kappa shape index (κ3) is 4.81. The van der Waals surface area contributed by atoms with Crippen LogP contribution in [0.1, 0.15) is 37.0 Å². The summed E-state index contributed by atoms with van der Waals surface area (Å²) in [6.07, 6.45) is 1.03. The van der Waals surface area contributed by atoms with Crippen molar-refractivity contribution in [3.63, 3.8) is 0 Å². The molecule has 132 valence electrons. The number of benzene rings is 1. The van der Waals surface area contributed by atoms with Gasteiger partial charge in [-0.15, -0.1) is 0 Å². The number of aryl methyl sites for hydroxylation is 2. The molecule has 0 spiro atoms. The first-order valence-electron chi connectivity index (χ1n) is 8.74. The number of amides is 2. The van der Waals surface area contributed by atoms with Gasteiger partial charge >= 0.3 is 0 Å². The molecule has 5 nitrogen and oxygen atoms in total. The number of piperazine rings is 1. The molecule has 1 aromatic carbocycles. The maximum atomic E-state index is 12.2. The van der Waals surface area contributed by atoms with Crippen molar-refractivity contribution in [1.82, 2.24) is 15.5 Å². The number of nitrogens with one attached hydrogen (secondary N) is 2. The van der Waals surface area contributed by atoms with Gasteiger partial charge in [-0.05, 0) is 45.2 Å². The quantitative estimate of drug-likeness (QED) is 0.832.